The molecule has 140 valence electrons. The van der Waals surface area contributed by atoms with Crippen molar-refractivity contribution in [1.82, 2.24) is 0 Å². The maximum Gasteiger partial charge on any atom is 0.136 e. The smallest absolute Gasteiger partial charge is 0.136 e. The Morgan fingerprint density at radius 2 is 1.80 bits per heavy atom. The van der Waals surface area contributed by atoms with Crippen molar-refractivity contribution in [2.45, 2.75) is 85.2 Å². The van der Waals surface area contributed by atoms with Crippen LogP contribution in [0.15, 0.2) is 11.6 Å². The van der Waals surface area contributed by atoms with Crippen LogP contribution in [0.3, 0.4) is 0 Å². The topological polar surface area (TPSA) is 26.3 Å². The van der Waals surface area contributed by atoms with Crippen LogP contribution < -0.4 is 0 Å². The van der Waals surface area contributed by atoms with Crippen molar-refractivity contribution in [3.63, 3.8) is 0 Å². The highest BCUT2D eigenvalue weighted by molar-refractivity contribution is 5.83. The summed E-state index contributed by atoms with van der Waals surface area (Å²) in [6.45, 7) is 9.10. The van der Waals surface area contributed by atoms with E-state index < -0.39 is 0 Å². The molecule has 0 spiro atoms. The summed E-state index contributed by atoms with van der Waals surface area (Å²) in [5.74, 6) is 2.76. The van der Waals surface area contributed by atoms with Gasteiger partial charge in [-0.2, -0.15) is 0 Å². The fraction of sp³-hybridized carbons (Fsp3) is 0.870. The summed E-state index contributed by atoms with van der Waals surface area (Å²) in [6, 6.07) is 0. The SMILES string of the molecule is COC1CC[C@@]2(C)C(=CCC3C4CC[C@](C)(C(C)=O)C4(C)CCC32)C1. The number of allylic oxidation sites excluding steroid dienone is 1. The molecule has 2 heteroatoms. The Hall–Kier alpha value is -0.630. The first-order valence-electron chi connectivity index (χ1n) is 10.5. The van der Waals surface area contributed by atoms with Crippen molar-refractivity contribution < 1.29 is 9.53 Å². The molecule has 4 aliphatic carbocycles. The lowest BCUT2D eigenvalue weighted by Crippen LogP contribution is -2.53. The number of ether oxygens (including phenoxy) is 1. The van der Waals surface area contributed by atoms with Crippen LogP contribution in [0.2, 0.25) is 0 Å². The van der Waals surface area contributed by atoms with Crippen LogP contribution in [0.1, 0.15) is 79.1 Å². The molecule has 25 heavy (non-hydrogen) atoms. The zero-order valence-electron chi connectivity index (χ0n) is 16.9. The zero-order chi connectivity index (χ0) is 18.0. The van der Waals surface area contributed by atoms with E-state index in [1.165, 1.54) is 38.5 Å². The molecule has 0 heterocycles. The van der Waals surface area contributed by atoms with E-state index >= 15 is 0 Å². The van der Waals surface area contributed by atoms with E-state index in [2.05, 4.69) is 26.8 Å². The van der Waals surface area contributed by atoms with Gasteiger partial charge in [0.25, 0.3) is 0 Å². The van der Waals surface area contributed by atoms with Gasteiger partial charge in [-0.3, -0.25) is 4.79 Å². The molecule has 3 saturated carbocycles. The predicted molar refractivity (Wildman–Crippen MR) is 101 cm³/mol. The number of Topliss-reactive ketones (excluding diaryl/α,β-unsaturated/α-hetero) is 1. The first-order chi connectivity index (χ1) is 11.8. The zero-order valence-corrected chi connectivity index (χ0v) is 16.9. The van der Waals surface area contributed by atoms with Gasteiger partial charge in [0.05, 0.1) is 6.10 Å². The van der Waals surface area contributed by atoms with Gasteiger partial charge in [-0.05, 0) is 86.9 Å². The summed E-state index contributed by atoms with van der Waals surface area (Å²) in [4.78, 5) is 12.5. The van der Waals surface area contributed by atoms with Crippen molar-refractivity contribution in [1.29, 1.82) is 0 Å². The Kier molecular flexibility index (Phi) is 4.04. The summed E-state index contributed by atoms with van der Waals surface area (Å²) in [5, 5.41) is 0. The highest BCUT2D eigenvalue weighted by Gasteiger charge is 2.63. The highest BCUT2D eigenvalue weighted by Crippen LogP contribution is 2.69. The summed E-state index contributed by atoms with van der Waals surface area (Å²) in [7, 11) is 1.87. The van der Waals surface area contributed by atoms with Gasteiger partial charge in [-0.25, -0.2) is 0 Å². The molecule has 0 N–H and O–H groups in total. The van der Waals surface area contributed by atoms with Gasteiger partial charge in [-0.1, -0.05) is 32.4 Å². The number of fused-ring (bicyclic) bond motifs is 5. The van der Waals surface area contributed by atoms with Crippen LogP contribution in [0.5, 0.6) is 0 Å². The third kappa shape index (κ3) is 2.22. The Bertz CT molecular complexity index is 607. The third-order valence-electron chi connectivity index (χ3n) is 9.77. The minimum Gasteiger partial charge on any atom is -0.381 e. The first kappa shape index (κ1) is 17.8. The molecule has 0 amide bonds. The second-order valence-electron chi connectivity index (χ2n) is 10.2. The molecule has 0 aliphatic heterocycles. The molecule has 4 rings (SSSR count). The van der Waals surface area contributed by atoms with Gasteiger partial charge in [0.1, 0.15) is 5.78 Å². The quantitative estimate of drug-likeness (QED) is 0.613. The number of ketones is 1. The molecule has 0 radical (unpaired) electrons. The Morgan fingerprint density at radius 3 is 2.48 bits per heavy atom. The van der Waals surface area contributed by atoms with Gasteiger partial charge in [0.15, 0.2) is 0 Å². The van der Waals surface area contributed by atoms with Crippen LogP contribution in [0.4, 0.5) is 0 Å². The second-order valence-corrected chi connectivity index (χ2v) is 10.2. The molecule has 3 fully saturated rings. The van der Waals surface area contributed by atoms with E-state index in [-0.39, 0.29) is 10.8 Å². The van der Waals surface area contributed by atoms with E-state index in [4.69, 9.17) is 4.74 Å². The third-order valence-corrected chi connectivity index (χ3v) is 9.77. The average Bonchev–Trinajstić information content (AvgIpc) is 2.87. The Morgan fingerprint density at radius 1 is 1.08 bits per heavy atom. The van der Waals surface area contributed by atoms with Crippen molar-refractivity contribution >= 4 is 5.78 Å². The normalized spacial score (nSPS) is 52.0. The van der Waals surface area contributed by atoms with Crippen LogP contribution in [0, 0.1) is 34.0 Å². The van der Waals surface area contributed by atoms with Crippen molar-refractivity contribution in [3.8, 4) is 0 Å². The lowest BCUT2D eigenvalue weighted by Gasteiger charge is -2.59. The lowest BCUT2D eigenvalue weighted by atomic mass is 9.45. The Balaban J connectivity index is 1.66. The van der Waals surface area contributed by atoms with E-state index in [0.29, 0.717) is 17.3 Å². The maximum absolute atomic E-state index is 12.5. The predicted octanol–water partition coefficient (Wildman–Crippen LogP) is 5.56. The van der Waals surface area contributed by atoms with Gasteiger partial charge < -0.3 is 4.74 Å². The fourth-order valence-electron chi connectivity index (χ4n) is 7.67. The molecule has 7 atom stereocenters. The molecule has 0 aromatic heterocycles. The number of hydrogen-bond donors (Lipinski definition) is 0. The van der Waals surface area contributed by atoms with Crippen molar-refractivity contribution in [2.75, 3.05) is 7.11 Å². The first-order valence-corrected chi connectivity index (χ1v) is 10.5. The number of carbonyl (C=O) groups is 1. The summed E-state index contributed by atoms with van der Waals surface area (Å²) >= 11 is 0. The molecular weight excluding hydrogens is 308 g/mol. The van der Waals surface area contributed by atoms with Crippen LogP contribution in [0.25, 0.3) is 0 Å². The monoisotopic (exact) mass is 344 g/mol. The highest BCUT2D eigenvalue weighted by atomic mass is 16.5. The number of rotatable bonds is 2. The molecular formula is C23H36O2. The van der Waals surface area contributed by atoms with Gasteiger partial charge in [-0.15, -0.1) is 0 Å². The molecule has 0 saturated heterocycles. The van der Waals surface area contributed by atoms with Crippen LogP contribution in [-0.2, 0) is 9.53 Å². The van der Waals surface area contributed by atoms with Crippen molar-refractivity contribution in [2.24, 2.45) is 34.0 Å². The Labute approximate surface area is 153 Å². The van der Waals surface area contributed by atoms with Crippen LogP contribution in [-0.4, -0.2) is 19.0 Å². The van der Waals surface area contributed by atoms with E-state index in [1.54, 1.807) is 5.57 Å². The van der Waals surface area contributed by atoms with E-state index in [1.807, 2.05) is 14.0 Å². The molecule has 4 aliphatic rings. The average molecular weight is 345 g/mol. The van der Waals surface area contributed by atoms with E-state index in [0.717, 1.165) is 30.6 Å². The van der Waals surface area contributed by atoms with Gasteiger partial charge in [0, 0.05) is 12.5 Å². The standard InChI is InChI=1S/C23H36O2/c1-15(24)22(3)12-10-20-18-7-6-16-14-17(25-5)8-11-21(16,2)19(18)9-13-23(20,22)4/h6,17-20H,7-14H2,1-5H3/t17?,18?,19?,20?,21-,22+,23?/m0/s1. The maximum atomic E-state index is 12.5. The summed E-state index contributed by atoms with van der Waals surface area (Å²) in [6.07, 6.45) is 12.8. The number of methoxy groups -OCH3 is 1. The summed E-state index contributed by atoms with van der Waals surface area (Å²) in [5.41, 5.74) is 2.18. The summed E-state index contributed by atoms with van der Waals surface area (Å²) < 4.78 is 5.68. The van der Waals surface area contributed by atoms with E-state index in [9.17, 15) is 4.79 Å². The molecule has 2 nitrogen and oxygen atoms in total. The molecule has 0 aromatic carbocycles. The second kappa shape index (κ2) is 5.68. The molecule has 0 aromatic rings. The van der Waals surface area contributed by atoms with Crippen LogP contribution >= 0.6 is 0 Å². The lowest BCUT2D eigenvalue weighted by molar-refractivity contribution is -0.138. The fourth-order valence-corrected chi connectivity index (χ4v) is 7.67. The minimum atomic E-state index is -0.0960. The number of hydrogen-bond acceptors (Lipinski definition) is 2. The largest absolute Gasteiger partial charge is 0.381 e. The van der Waals surface area contributed by atoms with Gasteiger partial charge in [0.2, 0.25) is 0 Å². The van der Waals surface area contributed by atoms with Crippen molar-refractivity contribution in [3.05, 3.63) is 11.6 Å². The van der Waals surface area contributed by atoms with Gasteiger partial charge >= 0.3 is 0 Å². The molecule has 5 unspecified atom stereocenters. The number of carbonyl (C=O) groups excluding carboxylic acids is 1. The molecule has 0 bridgehead atoms. The minimum absolute atomic E-state index is 0.0960.